The summed E-state index contributed by atoms with van der Waals surface area (Å²) >= 11 is 0. The first-order valence-corrected chi connectivity index (χ1v) is 9.11. The molecule has 1 amide bonds. The van der Waals surface area contributed by atoms with Crippen LogP contribution in [0.3, 0.4) is 0 Å². The molecule has 0 bridgehead atoms. The molecular formula is C20H25N3O3. The molecule has 0 spiro atoms. The Morgan fingerprint density at radius 3 is 2.54 bits per heavy atom. The minimum Gasteiger partial charge on any atom is -0.494 e. The highest BCUT2D eigenvalue weighted by Crippen LogP contribution is 2.26. The van der Waals surface area contributed by atoms with Gasteiger partial charge in [0, 0.05) is 18.8 Å². The lowest BCUT2D eigenvalue weighted by molar-refractivity contribution is 0.0937. The molecule has 138 valence electrons. The molecule has 26 heavy (non-hydrogen) atoms. The Balaban J connectivity index is 1.70. The van der Waals surface area contributed by atoms with Crippen LogP contribution in [0.1, 0.15) is 41.7 Å². The summed E-state index contributed by atoms with van der Waals surface area (Å²) < 4.78 is 5.52. The number of aromatic nitrogens is 1. The summed E-state index contributed by atoms with van der Waals surface area (Å²) in [6, 6.07) is 11.1. The van der Waals surface area contributed by atoms with Gasteiger partial charge in [0.1, 0.15) is 5.75 Å². The van der Waals surface area contributed by atoms with E-state index in [1.54, 1.807) is 0 Å². The van der Waals surface area contributed by atoms with Crippen molar-refractivity contribution in [3.63, 3.8) is 0 Å². The van der Waals surface area contributed by atoms with Crippen LogP contribution in [0.2, 0.25) is 0 Å². The van der Waals surface area contributed by atoms with Crippen LogP contribution in [0.25, 0.3) is 0 Å². The highest BCUT2D eigenvalue weighted by Gasteiger charge is 2.24. The molecule has 2 aromatic rings. The van der Waals surface area contributed by atoms with Crippen molar-refractivity contribution >= 4 is 5.91 Å². The average molecular weight is 355 g/mol. The summed E-state index contributed by atoms with van der Waals surface area (Å²) in [5.41, 5.74) is 1.40. The fraction of sp³-hybridized carbons (Fsp3) is 0.400. The fourth-order valence-corrected chi connectivity index (χ4v) is 3.31. The summed E-state index contributed by atoms with van der Waals surface area (Å²) in [4.78, 5) is 28.5. The molecule has 1 aliphatic rings. The lowest BCUT2D eigenvalue weighted by atomic mass is 10.0. The molecule has 0 aliphatic carbocycles. The van der Waals surface area contributed by atoms with E-state index in [4.69, 9.17) is 4.74 Å². The van der Waals surface area contributed by atoms with Gasteiger partial charge in [-0.2, -0.15) is 0 Å². The third-order valence-electron chi connectivity index (χ3n) is 4.66. The van der Waals surface area contributed by atoms with Gasteiger partial charge in [-0.3, -0.25) is 14.5 Å². The number of carbonyl (C=O) groups excluding carboxylic acids is 1. The molecule has 1 aromatic heterocycles. The topological polar surface area (TPSA) is 74.4 Å². The number of hydrogen-bond donors (Lipinski definition) is 2. The molecule has 6 heteroatoms. The zero-order valence-electron chi connectivity index (χ0n) is 15.0. The summed E-state index contributed by atoms with van der Waals surface area (Å²) in [7, 11) is 0. The molecule has 2 heterocycles. The molecule has 1 saturated heterocycles. The van der Waals surface area contributed by atoms with Crippen molar-refractivity contribution in [3.8, 4) is 5.75 Å². The molecule has 0 radical (unpaired) electrons. The Morgan fingerprint density at radius 2 is 1.92 bits per heavy atom. The van der Waals surface area contributed by atoms with Crippen LogP contribution < -0.4 is 15.6 Å². The minimum atomic E-state index is -0.217. The minimum absolute atomic E-state index is 0.125. The Labute approximate surface area is 153 Å². The van der Waals surface area contributed by atoms with Crippen molar-refractivity contribution in [1.29, 1.82) is 0 Å². The SMILES string of the molecule is CCOc1ccc(C(CNC(=O)c2ccc(=O)[nH]c2)N2CCCC2)cc1. The maximum Gasteiger partial charge on any atom is 0.252 e. The number of benzene rings is 1. The van der Waals surface area contributed by atoms with E-state index >= 15 is 0 Å². The Morgan fingerprint density at radius 1 is 1.19 bits per heavy atom. The summed E-state index contributed by atoms with van der Waals surface area (Å²) in [6.07, 6.45) is 3.81. The van der Waals surface area contributed by atoms with E-state index in [1.807, 2.05) is 19.1 Å². The molecule has 1 aliphatic heterocycles. The second kappa shape index (κ2) is 8.67. The van der Waals surface area contributed by atoms with Gasteiger partial charge in [0.15, 0.2) is 0 Å². The molecule has 6 nitrogen and oxygen atoms in total. The van der Waals surface area contributed by atoms with Crippen molar-refractivity contribution in [2.75, 3.05) is 26.2 Å². The van der Waals surface area contributed by atoms with Gasteiger partial charge < -0.3 is 15.0 Å². The smallest absolute Gasteiger partial charge is 0.252 e. The number of aromatic amines is 1. The van der Waals surface area contributed by atoms with Crippen LogP contribution >= 0.6 is 0 Å². The predicted molar refractivity (Wildman–Crippen MR) is 101 cm³/mol. The standard InChI is InChI=1S/C20H25N3O3/c1-2-26-17-8-5-15(6-9-17)18(23-11-3-4-12-23)14-22-20(25)16-7-10-19(24)21-13-16/h5-10,13,18H,2-4,11-12,14H2,1H3,(H,21,24)(H,22,25). The van der Waals surface area contributed by atoms with Crippen LogP contribution in [-0.4, -0.2) is 42.0 Å². The number of nitrogens with zero attached hydrogens (tertiary/aromatic N) is 1. The van der Waals surface area contributed by atoms with Crippen LogP contribution in [0.15, 0.2) is 47.4 Å². The first kappa shape index (κ1) is 18.2. The van der Waals surface area contributed by atoms with Crippen LogP contribution in [-0.2, 0) is 0 Å². The van der Waals surface area contributed by atoms with Crippen molar-refractivity contribution < 1.29 is 9.53 Å². The molecule has 1 aromatic carbocycles. The largest absolute Gasteiger partial charge is 0.494 e. The molecule has 1 atom stereocenters. The molecule has 1 fully saturated rings. The van der Waals surface area contributed by atoms with E-state index in [1.165, 1.54) is 31.2 Å². The Hall–Kier alpha value is -2.60. The number of pyridine rings is 1. The maximum atomic E-state index is 12.4. The van der Waals surface area contributed by atoms with Gasteiger partial charge in [0.25, 0.3) is 5.91 Å². The first-order valence-electron chi connectivity index (χ1n) is 9.11. The van der Waals surface area contributed by atoms with Gasteiger partial charge in [-0.1, -0.05) is 12.1 Å². The number of rotatable bonds is 7. The number of carbonyl (C=O) groups is 1. The second-order valence-corrected chi connectivity index (χ2v) is 6.41. The van der Waals surface area contributed by atoms with Gasteiger partial charge in [0.05, 0.1) is 18.2 Å². The fourth-order valence-electron chi connectivity index (χ4n) is 3.31. The zero-order chi connectivity index (χ0) is 18.4. The lowest BCUT2D eigenvalue weighted by Gasteiger charge is -2.28. The van der Waals surface area contributed by atoms with E-state index in [9.17, 15) is 9.59 Å². The van der Waals surface area contributed by atoms with Crippen molar-refractivity contribution in [2.24, 2.45) is 0 Å². The van der Waals surface area contributed by atoms with E-state index < -0.39 is 0 Å². The van der Waals surface area contributed by atoms with Gasteiger partial charge in [-0.15, -0.1) is 0 Å². The van der Waals surface area contributed by atoms with Crippen molar-refractivity contribution in [2.45, 2.75) is 25.8 Å². The van der Waals surface area contributed by atoms with Gasteiger partial charge in [-0.05, 0) is 56.6 Å². The molecule has 1 unspecified atom stereocenters. The van der Waals surface area contributed by atoms with Crippen molar-refractivity contribution in [1.82, 2.24) is 15.2 Å². The number of ether oxygens (including phenoxy) is 1. The number of hydrogen-bond acceptors (Lipinski definition) is 4. The average Bonchev–Trinajstić information content (AvgIpc) is 3.18. The Kier molecular flexibility index (Phi) is 6.07. The van der Waals surface area contributed by atoms with E-state index in [0.29, 0.717) is 18.7 Å². The highest BCUT2D eigenvalue weighted by molar-refractivity contribution is 5.93. The van der Waals surface area contributed by atoms with Crippen molar-refractivity contribution in [3.05, 3.63) is 64.1 Å². The first-order chi connectivity index (χ1) is 12.7. The van der Waals surface area contributed by atoms with Crippen LogP contribution in [0.4, 0.5) is 0 Å². The monoisotopic (exact) mass is 355 g/mol. The van der Waals surface area contributed by atoms with Gasteiger partial charge in [-0.25, -0.2) is 0 Å². The molecule has 0 saturated carbocycles. The van der Waals surface area contributed by atoms with Gasteiger partial charge in [0.2, 0.25) is 5.56 Å². The number of likely N-dealkylation sites (tertiary alicyclic amines) is 1. The normalized spacial score (nSPS) is 15.6. The third-order valence-corrected chi connectivity index (χ3v) is 4.66. The predicted octanol–water partition coefficient (Wildman–Crippen LogP) is 2.34. The molecular weight excluding hydrogens is 330 g/mol. The van der Waals surface area contributed by atoms with Crippen LogP contribution in [0, 0.1) is 0 Å². The maximum absolute atomic E-state index is 12.4. The summed E-state index contributed by atoms with van der Waals surface area (Å²) in [6.45, 7) is 5.20. The number of amides is 1. The van der Waals surface area contributed by atoms with E-state index in [-0.39, 0.29) is 17.5 Å². The third kappa shape index (κ3) is 4.52. The summed E-state index contributed by atoms with van der Waals surface area (Å²) in [5.74, 6) is 0.671. The highest BCUT2D eigenvalue weighted by atomic mass is 16.5. The molecule has 2 N–H and O–H groups in total. The van der Waals surface area contributed by atoms with Gasteiger partial charge >= 0.3 is 0 Å². The zero-order valence-corrected chi connectivity index (χ0v) is 15.0. The Bertz CT molecular complexity index is 759. The second-order valence-electron chi connectivity index (χ2n) is 6.41. The van der Waals surface area contributed by atoms with E-state index in [0.717, 1.165) is 24.4 Å². The lowest BCUT2D eigenvalue weighted by Crippen LogP contribution is -2.37. The number of H-pyrrole nitrogens is 1. The van der Waals surface area contributed by atoms with Crippen LogP contribution in [0.5, 0.6) is 5.75 Å². The quantitative estimate of drug-likeness (QED) is 0.799. The summed E-state index contributed by atoms with van der Waals surface area (Å²) in [5, 5.41) is 3.00. The molecule has 3 rings (SSSR count). The number of nitrogens with one attached hydrogen (secondary N) is 2. The van der Waals surface area contributed by atoms with E-state index in [2.05, 4.69) is 27.3 Å².